The molecule has 0 bridgehead atoms. The second-order valence-corrected chi connectivity index (χ2v) is 4.73. The molecule has 0 aromatic rings. The first-order valence-corrected chi connectivity index (χ1v) is 5.95. The Bertz CT molecular complexity index is 169. The fourth-order valence-electron chi connectivity index (χ4n) is 2.77. The first kappa shape index (κ1) is 10.4. The number of nitrogens with one attached hydrogen (secondary N) is 2. The Morgan fingerprint density at radius 3 is 2.79 bits per heavy atom. The Balaban J connectivity index is 1.68. The lowest BCUT2D eigenvalue weighted by molar-refractivity contribution is 0.190. The van der Waals surface area contributed by atoms with Crippen molar-refractivity contribution in [2.75, 3.05) is 26.2 Å². The van der Waals surface area contributed by atoms with E-state index in [2.05, 4.69) is 10.6 Å². The number of hydrogen-bond donors (Lipinski definition) is 3. The normalized spacial score (nSPS) is 37.9. The van der Waals surface area contributed by atoms with Crippen molar-refractivity contribution in [2.24, 2.45) is 11.8 Å². The molecule has 2 aliphatic rings. The van der Waals surface area contributed by atoms with Gasteiger partial charge in [0.2, 0.25) is 0 Å². The molecule has 2 rings (SSSR count). The molecule has 3 atom stereocenters. The minimum atomic E-state index is 0.384. The van der Waals surface area contributed by atoms with Crippen LogP contribution >= 0.6 is 0 Å². The van der Waals surface area contributed by atoms with E-state index in [4.69, 9.17) is 0 Å². The van der Waals surface area contributed by atoms with Gasteiger partial charge in [-0.2, -0.15) is 0 Å². The SMILES string of the molecule is OCC1CCCC1CNC1CCNC1. The maximum Gasteiger partial charge on any atom is 0.0462 e. The second-order valence-electron chi connectivity index (χ2n) is 4.73. The van der Waals surface area contributed by atoms with Gasteiger partial charge in [0, 0.05) is 19.2 Å². The van der Waals surface area contributed by atoms with Crippen LogP contribution in [0, 0.1) is 11.8 Å². The van der Waals surface area contributed by atoms with Gasteiger partial charge in [-0.25, -0.2) is 0 Å². The summed E-state index contributed by atoms with van der Waals surface area (Å²) in [4.78, 5) is 0. The van der Waals surface area contributed by atoms with Crippen LogP contribution in [0.3, 0.4) is 0 Å². The van der Waals surface area contributed by atoms with Crippen molar-refractivity contribution in [3.63, 3.8) is 0 Å². The van der Waals surface area contributed by atoms with Crippen molar-refractivity contribution in [1.29, 1.82) is 0 Å². The Morgan fingerprint density at radius 2 is 2.07 bits per heavy atom. The standard InChI is InChI=1S/C11H22N2O/c14-8-10-3-1-2-9(10)6-13-11-4-5-12-7-11/h9-14H,1-8H2. The minimum absolute atomic E-state index is 0.384. The highest BCUT2D eigenvalue weighted by Gasteiger charge is 2.27. The quantitative estimate of drug-likeness (QED) is 0.610. The molecule has 0 spiro atoms. The molecule has 3 N–H and O–H groups in total. The minimum Gasteiger partial charge on any atom is -0.396 e. The van der Waals surface area contributed by atoms with Crippen LogP contribution < -0.4 is 10.6 Å². The van der Waals surface area contributed by atoms with Crippen LogP contribution in [0.25, 0.3) is 0 Å². The summed E-state index contributed by atoms with van der Waals surface area (Å²) in [6.45, 7) is 3.77. The summed E-state index contributed by atoms with van der Waals surface area (Å²) >= 11 is 0. The topological polar surface area (TPSA) is 44.3 Å². The molecule has 2 fully saturated rings. The summed E-state index contributed by atoms with van der Waals surface area (Å²) in [6.07, 6.45) is 5.10. The third kappa shape index (κ3) is 2.47. The molecule has 0 radical (unpaired) electrons. The van der Waals surface area contributed by atoms with Gasteiger partial charge in [-0.1, -0.05) is 6.42 Å². The summed E-state index contributed by atoms with van der Waals surface area (Å²) in [5, 5.41) is 16.2. The van der Waals surface area contributed by atoms with Crippen LogP contribution in [0.2, 0.25) is 0 Å². The highest BCUT2D eigenvalue weighted by Crippen LogP contribution is 2.30. The first-order valence-electron chi connectivity index (χ1n) is 5.95. The van der Waals surface area contributed by atoms with Crippen LogP contribution in [-0.4, -0.2) is 37.4 Å². The zero-order valence-corrected chi connectivity index (χ0v) is 8.84. The monoisotopic (exact) mass is 198 g/mol. The molecule has 14 heavy (non-hydrogen) atoms. The highest BCUT2D eigenvalue weighted by molar-refractivity contribution is 4.83. The number of hydrogen-bond acceptors (Lipinski definition) is 3. The number of rotatable bonds is 4. The van der Waals surface area contributed by atoms with Crippen molar-refractivity contribution < 1.29 is 5.11 Å². The van der Waals surface area contributed by atoms with Crippen molar-refractivity contribution in [1.82, 2.24) is 10.6 Å². The van der Waals surface area contributed by atoms with Gasteiger partial charge in [0.05, 0.1) is 0 Å². The second kappa shape index (κ2) is 5.10. The van der Waals surface area contributed by atoms with Crippen LogP contribution in [0.5, 0.6) is 0 Å². The predicted molar refractivity (Wildman–Crippen MR) is 57.2 cm³/mol. The third-order valence-electron chi connectivity index (χ3n) is 3.78. The van der Waals surface area contributed by atoms with E-state index in [9.17, 15) is 5.11 Å². The van der Waals surface area contributed by atoms with Crippen molar-refractivity contribution >= 4 is 0 Å². The van der Waals surface area contributed by atoms with Crippen molar-refractivity contribution in [2.45, 2.75) is 31.7 Å². The Labute approximate surface area is 86.3 Å². The molecule has 82 valence electrons. The summed E-state index contributed by atoms with van der Waals surface area (Å²) in [6, 6.07) is 0.676. The van der Waals surface area contributed by atoms with Gasteiger partial charge in [-0.15, -0.1) is 0 Å². The fourth-order valence-corrected chi connectivity index (χ4v) is 2.77. The van der Waals surface area contributed by atoms with Crippen LogP contribution in [0.1, 0.15) is 25.7 Å². The molecule has 3 nitrogen and oxygen atoms in total. The Kier molecular flexibility index (Phi) is 3.79. The van der Waals surface area contributed by atoms with Gasteiger partial charge in [0.15, 0.2) is 0 Å². The number of aliphatic hydroxyl groups is 1. The maximum atomic E-state index is 9.19. The molecule has 3 heteroatoms. The van der Waals surface area contributed by atoms with E-state index in [0.717, 1.165) is 25.6 Å². The van der Waals surface area contributed by atoms with E-state index >= 15 is 0 Å². The average Bonchev–Trinajstić information content (AvgIpc) is 2.85. The van der Waals surface area contributed by atoms with Gasteiger partial charge in [0.1, 0.15) is 0 Å². The molecule has 0 amide bonds. The zero-order valence-electron chi connectivity index (χ0n) is 8.84. The first-order chi connectivity index (χ1) is 6.90. The summed E-state index contributed by atoms with van der Waals surface area (Å²) < 4.78 is 0. The molecule has 1 aliphatic carbocycles. The predicted octanol–water partition coefficient (Wildman–Crippen LogP) is 0.346. The van der Waals surface area contributed by atoms with Crippen molar-refractivity contribution in [3.05, 3.63) is 0 Å². The van der Waals surface area contributed by atoms with Crippen LogP contribution in [0.15, 0.2) is 0 Å². The van der Waals surface area contributed by atoms with E-state index in [-0.39, 0.29) is 0 Å². The van der Waals surface area contributed by atoms with E-state index < -0.39 is 0 Å². The van der Waals surface area contributed by atoms with E-state index in [0.29, 0.717) is 18.6 Å². The summed E-state index contributed by atoms with van der Waals surface area (Å²) in [5.41, 5.74) is 0. The molecule has 3 unspecified atom stereocenters. The summed E-state index contributed by atoms with van der Waals surface area (Å²) in [5.74, 6) is 1.29. The van der Waals surface area contributed by atoms with E-state index in [1.165, 1.54) is 25.7 Å². The highest BCUT2D eigenvalue weighted by atomic mass is 16.3. The molecule has 1 saturated carbocycles. The maximum absolute atomic E-state index is 9.19. The molecule has 1 saturated heterocycles. The molecular formula is C11H22N2O. The fraction of sp³-hybridized carbons (Fsp3) is 1.00. The van der Waals surface area contributed by atoms with Gasteiger partial charge in [-0.3, -0.25) is 0 Å². The lowest BCUT2D eigenvalue weighted by Crippen LogP contribution is -2.36. The Morgan fingerprint density at radius 1 is 1.21 bits per heavy atom. The molecular weight excluding hydrogens is 176 g/mol. The van der Waals surface area contributed by atoms with Gasteiger partial charge < -0.3 is 15.7 Å². The lowest BCUT2D eigenvalue weighted by Gasteiger charge is -2.20. The van der Waals surface area contributed by atoms with Crippen LogP contribution in [-0.2, 0) is 0 Å². The van der Waals surface area contributed by atoms with Gasteiger partial charge in [0.25, 0.3) is 0 Å². The van der Waals surface area contributed by atoms with Gasteiger partial charge in [-0.05, 0) is 44.2 Å². The summed E-state index contributed by atoms with van der Waals surface area (Å²) in [7, 11) is 0. The van der Waals surface area contributed by atoms with E-state index in [1.807, 2.05) is 0 Å². The Hall–Kier alpha value is -0.120. The molecule has 0 aromatic heterocycles. The largest absolute Gasteiger partial charge is 0.396 e. The smallest absolute Gasteiger partial charge is 0.0462 e. The lowest BCUT2D eigenvalue weighted by atomic mass is 9.96. The van der Waals surface area contributed by atoms with Crippen LogP contribution in [0.4, 0.5) is 0 Å². The molecule has 1 heterocycles. The zero-order chi connectivity index (χ0) is 9.80. The third-order valence-corrected chi connectivity index (χ3v) is 3.78. The number of aliphatic hydroxyl groups excluding tert-OH is 1. The van der Waals surface area contributed by atoms with Crippen molar-refractivity contribution in [3.8, 4) is 0 Å². The van der Waals surface area contributed by atoms with E-state index in [1.54, 1.807) is 0 Å². The average molecular weight is 198 g/mol. The molecule has 0 aromatic carbocycles. The van der Waals surface area contributed by atoms with Gasteiger partial charge >= 0.3 is 0 Å². The molecule has 1 aliphatic heterocycles.